The molecule has 1 N–H and O–H groups in total. The Morgan fingerprint density at radius 3 is 2.60 bits per heavy atom. The van der Waals surface area contributed by atoms with Crippen molar-refractivity contribution in [3.05, 3.63) is 77.4 Å². The fourth-order valence-corrected chi connectivity index (χ4v) is 3.30. The number of halogens is 1. The molecule has 0 bridgehead atoms. The number of rotatable bonds is 7. The molecule has 0 spiro atoms. The lowest BCUT2D eigenvalue weighted by Gasteiger charge is -2.09. The van der Waals surface area contributed by atoms with Gasteiger partial charge in [0.1, 0.15) is 5.82 Å². The van der Waals surface area contributed by atoms with E-state index in [2.05, 4.69) is 10.4 Å². The molecule has 0 atom stereocenters. The van der Waals surface area contributed by atoms with Gasteiger partial charge in [-0.3, -0.25) is 4.79 Å². The number of carbonyl (C=O) groups excluding carboxylic acids is 1. The van der Waals surface area contributed by atoms with Crippen LogP contribution in [0.5, 0.6) is 0 Å². The van der Waals surface area contributed by atoms with Gasteiger partial charge in [0.2, 0.25) is 5.91 Å². The van der Waals surface area contributed by atoms with Gasteiger partial charge in [-0.25, -0.2) is 4.68 Å². The standard InChI is InChI=1S/C19H18ClN3OS/c20-16-6-8-17(9-7-16)25-13-11-19(24)22-18-10-12-21-23(18)14-15-4-2-1-3-5-15/h1-10,12H,11,13-14H2,(H,22,24). The van der Waals surface area contributed by atoms with E-state index in [4.69, 9.17) is 11.6 Å². The number of anilines is 1. The Kier molecular flexibility index (Phi) is 6.14. The first-order valence-corrected chi connectivity index (χ1v) is 9.31. The summed E-state index contributed by atoms with van der Waals surface area (Å²) in [4.78, 5) is 13.3. The summed E-state index contributed by atoms with van der Waals surface area (Å²) in [5, 5.41) is 7.93. The molecule has 25 heavy (non-hydrogen) atoms. The van der Waals surface area contributed by atoms with Crippen molar-refractivity contribution in [2.75, 3.05) is 11.1 Å². The lowest BCUT2D eigenvalue weighted by Crippen LogP contribution is -2.16. The molecule has 128 valence electrons. The monoisotopic (exact) mass is 371 g/mol. The molecular formula is C19H18ClN3OS. The van der Waals surface area contributed by atoms with Crippen LogP contribution in [0.15, 0.2) is 71.8 Å². The molecule has 0 aliphatic carbocycles. The highest BCUT2D eigenvalue weighted by atomic mass is 35.5. The second-order valence-electron chi connectivity index (χ2n) is 5.46. The molecule has 0 radical (unpaired) electrons. The molecule has 0 saturated carbocycles. The van der Waals surface area contributed by atoms with Gasteiger partial charge in [0.15, 0.2) is 0 Å². The summed E-state index contributed by atoms with van der Waals surface area (Å²) in [7, 11) is 0. The summed E-state index contributed by atoms with van der Waals surface area (Å²) in [6.45, 7) is 0.628. The van der Waals surface area contributed by atoms with E-state index < -0.39 is 0 Å². The molecule has 3 aromatic rings. The van der Waals surface area contributed by atoms with Gasteiger partial charge in [0.05, 0.1) is 12.7 Å². The van der Waals surface area contributed by atoms with Crippen molar-refractivity contribution < 1.29 is 4.79 Å². The van der Waals surface area contributed by atoms with Gasteiger partial charge in [0.25, 0.3) is 0 Å². The van der Waals surface area contributed by atoms with Gasteiger partial charge in [-0.15, -0.1) is 11.8 Å². The predicted octanol–water partition coefficient (Wildman–Crippen LogP) is 4.71. The zero-order chi connectivity index (χ0) is 17.5. The largest absolute Gasteiger partial charge is 0.311 e. The van der Waals surface area contributed by atoms with Crippen LogP contribution in [0.25, 0.3) is 0 Å². The topological polar surface area (TPSA) is 46.9 Å². The third-order valence-corrected chi connectivity index (χ3v) is 4.84. The Labute approximate surface area is 156 Å². The lowest BCUT2D eigenvalue weighted by molar-refractivity contribution is -0.115. The Balaban J connectivity index is 1.50. The van der Waals surface area contributed by atoms with Gasteiger partial charge in [-0.2, -0.15) is 5.10 Å². The van der Waals surface area contributed by atoms with Crippen LogP contribution < -0.4 is 5.32 Å². The second kappa shape index (κ2) is 8.74. The lowest BCUT2D eigenvalue weighted by atomic mass is 10.2. The minimum atomic E-state index is -0.0173. The fourth-order valence-electron chi connectivity index (χ4n) is 2.32. The summed E-state index contributed by atoms with van der Waals surface area (Å²) in [5.41, 5.74) is 1.14. The average Bonchev–Trinajstić information content (AvgIpc) is 3.04. The molecule has 3 rings (SSSR count). The quantitative estimate of drug-likeness (QED) is 0.612. The molecule has 2 aromatic carbocycles. The molecule has 1 amide bonds. The summed E-state index contributed by atoms with van der Waals surface area (Å²) in [6, 6.07) is 19.5. The zero-order valence-electron chi connectivity index (χ0n) is 13.6. The van der Waals surface area contributed by atoms with Crippen molar-refractivity contribution in [3.8, 4) is 0 Å². The number of nitrogens with zero attached hydrogens (tertiary/aromatic N) is 2. The Morgan fingerprint density at radius 1 is 1.08 bits per heavy atom. The fraction of sp³-hybridized carbons (Fsp3) is 0.158. The van der Waals surface area contributed by atoms with Gasteiger partial charge in [-0.05, 0) is 29.8 Å². The SMILES string of the molecule is O=C(CCSc1ccc(Cl)cc1)Nc1ccnn1Cc1ccccc1. The number of benzene rings is 2. The van der Waals surface area contributed by atoms with Crippen LogP contribution in [0.4, 0.5) is 5.82 Å². The van der Waals surface area contributed by atoms with Crippen molar-refractivity contribution in [2.24, 2.45) is 0 Å². The molecule has 1 heterocycles. The van der Waals surface area contributed by atoms with Gasteiger partial charge in [-0.1, -0.05) is 41.9 Å². The molecule has 0 fully saturated rings. The van der Waals surface area contributed by atoms with E-state index in [-0.39, 0.29) is 5.91 Å². The van der Waals surface area contributed by atoms with E-state index in [1.165, 1.54) is 0 Å². The van der Waals surface area contributed by atoms with E-state index in [1.54, 1.807) is 22.6 Å². The summed E-state index contributed by atoms with van der Waals surface area (Å²) < 4.78 is 1.79. The highest BCUT2D eigenvalue weighted by molar-refractivity contribution is 7.99. The molecule has 4 nitrogen and oxygen atoms in total. The first-order valence-electron chi connectivity index (χ1n) is 7.95. The Bertz CT molecular complexity index is 818. The smallest absolute Gasteiger partial charge is 0.226 e. The number of thioether (sulfide) groups is 1. The third kappa shape index (κ3) is 5.37. The first-order chi connectivity index (χ1) is 12.2. The van der Waals surface area contributed by atoms with Crippen molar-refractivity contribution >= 4 is 35.1 Å². The van der Waals surface area contributed by atoms with Crippen LogP contribution >= 0.6 is 23.4 Å². The van der Waals surface area contributed by atoms with Crippen LogP contribution in [0, 0.1) is 0 Å². The molecule has 0 aliphatic heterocycles. The summed E-state index contributed by atoms with van der Waals surface area (Å²) in [6.07, 6.45) is 2.13. The highest BCUT2D eigenvalue weighted by Gasteiger charge is 2.08. The van der Waals surface area contributed by atoms with Crippen LogP contribution in [0.2, 0.25) is 5.02 Å². The number of carbonyl (C=O) groups is 1. The maximum absolute atomic E-state index is 12.2. The zero-order valence-corrected chi connectivity index (χ0v) is 15.1. The molecule has 0 saturated heterocycles. The van der Waals surface area contributed by atoms with E-state index in [1.807, 2.05) is 60.7 Å². The summed E-state index contributed by atoms with van der Waals surface area (Å²) >= 11 is 7.50. The van der Waals surface area contributed by atoms with Crippen molar-refractivity contribution in [3.63, 3.8) is 0 Å². The maximum atomic E-state index is 12.2. The highest BCUT2D eigenvalue weighted by Crippen LogP contribution is 2.21. The van der Waals surface area contributed by atoms with E-state index in [0.717, 1.165) is 10.5 Å². The average molecular weight is 372 g/mol. The molecule has 1 aromatic heterocycles. The number of hydrogen-bond donors (Lipinski definition) is 1. The maximum Gasteiger partial charge on any atom is 0.226 e. The normalized spacial score (nSPS) is 10.6. The number of amides is 1. The second-order valence-corrected chi connectivity index (χ2v) is 7.07. The van der Waals surface area contributed by atoms with E-state index in [0.29, 0.717) is 29.6 Å². The molecule has 0 unspecified atom stereocenters. The van der Waals surface area contributed by atoms with E-state index >= 15 is 0 Å². The first kappa shape index (κ1) is 17.6. The predicted molar refractivity (Wildman–Crippen MR) is 103 cm³/mol. The van der Waals surface area contributed by atoms with Gasteiger partial charge in [0, 0.05) is 28.2 Å². The minimum absolute atomic E-state index is 0.0173. The molecular weight excluding hydrogens is 354 g/mol. The Hall–Kier alpha value is -2.24. The number of hydrogen-bond acceptors (Lipinski definition) is 3. The van der Waals surface area contributed by atoms with Crippen molar-refractivity contribution in [1.82, 2.24) is 9.78 Å². The van der Waals surface area contributed by atoms with Crippen LogP contribution in [0.3, 0.4) is 0 Å². The van der Waals surface area contributed by atoms with Crippen LogP contribution in [-0.4, -0.2) is 21.4 Å². The van der Waals surface area contributed by atoms with Gasteiger partial charge < -0.3 is 5.32 Å². The molecule has 6 heteroatoms. The van der Waals surface area contributed by atoms with Crippen LogP contribution in [-0.2, 0) is 11.3 Å². The Morgan fingerprint density at radius 2 is 1.84 bits per heavy atom. The summed E-state index contributed by atoms with van der Waals surface area (Å²) in [5.74, 6) is 1.40. The molecule has 0 aliphatic rings. The van der Waals surface area contributed by atoms with E-state index in [9.17, 15) is 4.79 Å². The van der Waals surface area contributed by atoms with Gasteiger partial charge >= 0.3 is 0 Å². The number of nitrogens with one attached hydrogen (secondary N) is 1. The minimum Gasteiger partial charge on any atom is -0.311 e. The van der Waals surface area contributed by atoms with Crippen LogP contribution in [0.1, 0.15) is 12.0 Å². The number of aromatic nitrogens is 2. The van der Waals surface area contributed by atoms with Crippen molar-refractivity contribution in [1.29, 1.82) is 0 Å². The van der Waals surface area contributed by atoms with Crippen molar-refractivity contribution in [2.45, 2.75) is 17.9 Å². The third-order valence-electron chi connectivity index (χ3n) is 3.57.